The molecular formula is C12H13BrN2O4. The van der Waals surface area contributed by atoms with Gasteiger partial charge >= 0.3 is 12.1 Å². The van der Waals surface area contributed by atoms with E-state index in [1.807, 2.05) is 0 Å². The average molecular weight is 329 g/mol. The van der Waals surface area contributed by atoms with Gasteiger partial charge in [0.05, 0.1) is 0 Å². The standard InChI is InChI=1S/C12H13BrN2O4/c1-2-5-19-12(18)15-9(11(16)17)6-8-3-4-10(13)14-7-8/h2-4,7,9H,1,5-6H2,(H,15,18)(H,16,17). The van der Waals surface area contributed by atoms with E-state index in [2.05, 4.69) is 37.5 Å². The lowest BCUT2D eigenvalue weighted by Gasteiger charge is -2.14. The summed E-state index contributed by atoms with van der Waals surface area (Å²) in [4.78, 5) is 26.3. The Labute approximate surface area is 118 Å². The Balaban J connectivity index is 2.62. The Hall–Kier alpha value is -1.89. The molecule has 1 unspecified atom stereocenters. The van der Waals surface area contributed by atoms with Gasteiger partial charge in [-0.05, 0) is 27.6 Å². The van der Waals surface area contributed by atoms with Crippen LogP contribution in [0.1, 0.15) is 5.56 Å². The lowest BCUT2D eigenvalue weighted by Crippen LogP contribution is -2.42. The monoisotopic (exact) mass is 328 g/mol. The molecule has 0 bridgehead atoms. The van der Waals surface area contributed by atoms with Crippen LogP contribution < -0.4 is 5.32 Å². The zero-order chi connectivity index (χ0) is 14.3. The number of hydrogen-bond acceptors (Lipinski definition) is 4. The quantitative estimate of drug-likeness (QED) is 0.613. The number of nitrogens with one attached hydrogen (secondary N) is 1. The number of carboxylic acids is 1. The average Bonchev–Trinajstić information content (AvgIpc) is 2.38. The number of ether oxygens (including phenoxy) is 1. The van der Waals surface area contributed by atoms with E-state index in [1.165, 1.54) is 12.3 Å². The van der Waals surface area contributed by atoms with Crippen LogP contribution >= 0.6 is 15.9 Å². The highest BCUT2D eigenvalue weighted by Gasteiger charge is 2.21. The highest BCUT2D eigenvalue weighted by atomic mass is 79.9. The molecule has 1 atom stereocenters. The topological polar surface area (TPSA) is 88.5 Å². The number of carbonyl (C=O) groups is 2. The SMILES string of the molecule is C=CCOC(=O)NC(Cc1ccc(Br)nc1)C(=O)O. The molecule has 1 aromatic heterocycles. The number of nitrogens with zero attached hydrogens (tertiary/aromatic N) is 1. The predicted octanol–water partition coefficient (Wildman–Crippen LogP) is 1.75. The lowest BCUT2D eigenvalue weighted by atomic mass is 10.1. The van der Waals surface area contributed by atoms with Gasteiger partial charge in [0.15, 0.2) is 0 Å². The first-order valence-corrected chi connectivity index (χ1v) is 6.19. The first-order chi connectivity index (χ1) is 9.02. The summed E-state index contributed by atoms with van der Waals surface area (Å²) >= 11 is 3.18. The van der Waals surface area contributed by atoms with Gasteiger partial charge in [0.2, 0.25) is 0 Å². The van der Waals surface area contributed by atoms with Crippen molar-refractivity contribution >= 4 is 28.0 Å². The van der Waals surface area contributed by atoms with Gasteiger partial charge in [-0.25, -0.2) is 14.6 Å². The van der Waals surface area contributed by atoms with Crippen LogP contribution in [0.3, 0.4) is 0 Å². The first kappa shape index (κ1) is 15.2. The second-order valence-electron chi connectivity index (χ2n) is 3.62. The summed E-state index contributed by atoms with van der Waals surface area (Å²) in [6.45, 7) is 3.41. The van der Waals surface area contributed by atoms with E-state index in [9.17, 15) is 9.59 Å². The Morgan fingerprint density at radius 1 is 1.58 bits per heavy atom. The molecule has 0 aliphatic rings. The largest absolute Gasteiger partial charge is 0.480 e. The van der Waals surface area contributed by atoms with Crippen molar-refractivity contribution in [2.75, 3.05) is 6.61 Å². The zero-order valence-electron chi connectivity index (χ0n) is 10.0. The van der Waals surface area contributed by atoms with E-state index in [0.29, 0.717) is 10.2 Å². The minimum Gasteiger partial charge on any atom is -0.480 e. The van der Waals surface area contributed by atoms with Crippen LogP contribution in [-0.4, -0.2) is 34.8 Å². The Kier molecular flexibility index (Phi) is 6.01. The molecule has 7 heteroatoms. The van der Waals surface area contributed by atoms with Crippen molar-refractivity contribution in [3.8, 4) is 0 Å². The molecule has 0 spiro atoms. The molecule has 1 rings (SSSR count). The van der Waals surface area contributed by atoms with Gasteiger partial charge < -0.3 is 15.2 Å². The Bertz CT molecular complexity index is 461. The van der Waals surface area contributed by atoms with Crippen molar-refractivity contribution in [3.05, 3.63) is 41.2 Å². The number of alkyl carbamates (subject to hydrolysis) is 1. The number of carbonyl (C=O) groups excluding carboxylic acids is 1. The first-order valence-electron chi connectivity index (χ1n) is 5.40. The fourth-order valence-corrected chi connectivity index (χ4v) is 1.52. The molecule has 0 saturated heterocycles. The number of carboxylic acid groups (broad SMARTS) is 1. The van der Waals surface area contributed by atoms with Crippen LogP contribution in [0, 0.1) is 0 Å². The maximum atomic E-state index is 11.3. The van der Waals surface area contributed by atoms with Crippen LogP contribution in [0.2, 0.25) is 0 Å². The molecule has 102 valence electrons. The lowest BCUT2D eigenvalue weighted by molar-refractivity contribution is -0.139. The maximum absolute atomic E-state index is 11.3. The number of halogens is 1. The second-order valence-corrected chi connectivity index (χ2v) is 4.43. The summed E-state index contributed by atoms with van der Waals surface area (Å²) in [5, 5.41) is 11.3. The Morgan fingerprint density at radius 3 is 2.84 bits per heavy atom. The van der Waals surface area contributed by atoms with E-state index < -0.39 is 18.1 Å². The van der Waals surface area contributed by atoms with E-state index >= 15 is 0 Å². The summed E-state index contributed by atoms with van der Waals surface area (Å²) in [6, 6.07) is 2.36. The van der Waals surface area contributed by atoms with Gasteiger partial charge in [0.25, 0.3) is 0 Å². The van der Waals surface area contributed by atoms with E-state index in [-0.39, 0.29) is 13.0 Å². The van der Waals surface area contributed by atoms with Gasteiger partial charge in [-0.1, -0.05) is 18.7 Å². The van der Waals surface area contributed by atoms with Crippen molar-refractivity contribution in [2.45, 2.75) is 12.5 Å². The number of aliphatic carboxylic acids is 1. The number of aromatic nitrogens is 1. The van der Waals surface area contributed by atoms with Crippen LogP contribution in [-0.2, 0) is 16.0 Å². The van der Waals surface area contributed by atoms with Gasteiger partial charge in [0, 0.05) is 12.6 Å². The molecule has 6 nitrogen and oxygen atoms in total. The van der Waals surface area contributed by atoms with Crippen LogP contribution in [0.4, 0.5) is 4.79 Å². The highest BCUT2D eigenvalue weighted by Crippen LogP contribution is 2.08. The maximum Gasteiger partial charge on any atom is 0.408 e. The molecule has 0 aromatic carbocycles. The smallest absolute Gasteiger partial charge is 0.408 e. The molecule has 1 heterocycles. The summed E-state index contributed by atoms with van der Waals surface area (Å²) in [5.41, 5.74) is 0.694. The molecule has 0 aliphatic heterocycles. The molecule has 19 heavy (non-hydrogen) atoms. The number of rotatable bonds is 6. The van der Waals surface area contributed by atoms with E-state index in [4.69, 9.17) is 5.11 Å². The van der Waals surface area contributed by atoms with Crippen LogP contribution in [0.15, 0.2) is 35.6 Å². The fourth-order valence-electron chi connectivity index (χ4n) is 1.28. The van der Waals surface area contributed by atoms with Crippen molar-refractivity contribution in [1.29, 1.82) is 0 Å². The molecule has 2 N–H and O–H groups in total. The molecule has 1 amide bonds. The number of pyridine rings is 1. The van der Waals surface area contributed by atoms with Crippen molar-refractivity contribution in [3.63, 3.8) is 0 Å². The van der Waals surface area contributed by atoms with Gasteiger partial charge in [-0.2, -0.15) is 0 Å². The summed E-state index contributed by atoms with van der Waals surface area (Å²) in [7, 11) is 0. The van der Waals surface area contributed by atoms with Gasteiger partial charge in [-0.3, -0.25) is 0 Å². The molecule has 0 fully saturated rings. The summed E-state index contributed by atoms with van der Waals surface area (Å²) in [5.74, 6) is -1.14. The molecule has 0 aliphatic carbocycles. The fraction of sp³-hybridized carbons (Fsp3) is 0.250. The van der Waals surface area contributed by atoms with Gasteiger partial charge in [-0.15, -0.1) is 0 Å². The number of hydrogen-bond donors (Lipinski definition) is 2. The van der Waals surface area contributed by atoms with Crippen molar-refractivity contribution < 1.29 is 19.4 Å². The van der Waals surface area contributed by atoms with Gasteiger partial charge in [0.1, 0.15) is 17.3 Å². The van der Waals surface area contributed by atoms with Crippen molar-refractivity contribution in [2.24, 2.45) is 0 Å². The minimum atomic E-state index is -1.14. The third-order valence-corrected chi connectivity index (χ3v) is 2.62. The third kappa shape index (κ3) is 5.52. The molecule has 1 aromatic rings. The van der Waals surface area contributed by atoms with Crippen molar-refractivity contribution in [1.82, 2.24) is 10.3 Å². The van der Waals surface area contributed by atoms with Crippen LogP contribution in [0.25, 0.3) is 0 Å². The number of amides is 1. The normalized spacial score (nSPS) is 11.4. The summed E-state index contributed by atoms with van der Waals surface area (Å²) in [6.07, 6.45) is 2.27. The minimum absolute atomic E-state index is 0.0258. The van der Waals surface area contributed by atoms with E-state index in [1.54, 1.807) is 12.1 Å². The highest BCUT2D eigenvalue weighted by molar-refractivity contribution is 9.10. The zero-order valence-corrected chi connectivity index (χ0v) is 11.6. The Morgan fingerprint density at radius 2 is 2.32 bits per heavy atom. The van der Waals surface area contributed by atoms with E-state index in [0.717, 1.165) is 0 Å². The predicted molar refractivity (Wildman–Crippen MR) is 71.7 cm³/mol. The third-order valence-electron chi connectivity index (χ3n) is 2.15. The molecular weight excluding hydrogens is 316 g/mol. The summed E-state index contributed by atoms with van der Waals surface area (Å²) < 4.78 is 5.33. The van der Waals surface area contributed by atoms with Crippen LogP contribution in [0.5, 0.6) is 0 Å². The molecule has 0 saturated carbocycles. The second kappa shape index (κ2) is 7.52. The molecule has 0 radical (unpaired) electrons.